The summed E-state index contributed by atoms with van der Waals surface area (Å²) in [5.74, 6) is -7.07. The maximum Gasteiger partial charge on any atom is 0.180 e. The summed E-state index contributed by atoms with van der Waals surface area (Å²) < 4.78 is 59.4. The van der Waals surface area contributed by atoms with E-state index in [0.29, 0.717) is 0 Å². The van der Waals surface area contributed by atoms with Crippen molar-refractivity contribution >= 4 is 27.8 Å². The fourth-order valence-corrected chi connectivity index (χ4v) is 2.42. The summed E-state index contributed by atoms with van der Waals surface area (Å²) in [6.45, 7) is 0. The average Bonchev–Trinajstić information content (AvgIpc) is 2.81. The Kier molecular flexibility index (Phi) is 3.17. The molecular weight excluding hydrogens is 278 g/mol. The van der Waals surface area contributed by atoms with Gasteiger partial charge in [0.05, 0.1) is 16.5 Å². The SMILES string of the molecule is N#Cc1c(F)c(F)c(C2=NSSN2)c(F)c1F. The van der Waals surface area contributed by atoms with Crippen LogP contribution < -0.4 is 4.72 Å². The molecule has 1 aromatic carbocycles. The topological polar surface area (TPSA) is 48.2 Å². The number of rotatable bonds is 1. The summed E-state index contributed by atoms with van der Waals surface area (Å²) in [7, 11) is 1.80. The normalized spacial score (nSPS) is 14.2. The van der Waals surface area contributed by atoms with Crippen LogP contribution >= 0.6 is 22.0 Å². The van der Waals surface area contributed by atoms with E-state index in [2.05, 4.69) is 9.12 Å². The number of benzene rings is 1. The third kappa shape index (κ3) is 1.83. The second-order valence-electron chi connectivity index (χ2n) is 2.82. The summed E-state index contributed by atoms with van der Waals surface area (Å²) in [5, 5.41) is 8.39. The maximum atomic E-state index is 13.5. The van der Waals surface area contributed by atoms with E-state index in [9.17, 15) is 17.6 Å². The smallest absolute Gasteiger partial charge is 0.180 e. The number of nitrogens with one attached hydrogen (secondary N) is 1. The van der Waals surface area contributed by atoms with E-state index in [-0.39, 0.29) is 5.84 Å². The lowest BCUT2D eigenvalue weighted by Gasteiger charge is -2.07. The number of halogens is 4. The molecule has 3 nitrogen and oxygen atoms in total. The van der Waals surface area contributed by atoms with Crippen LogP contribution in [0, 0.1) is 34.6 Å². The van der Waals surface area contributed by atoms with Crippen molar-refractivity contribution in [2.24, 2.45) is 4.40 Å². The first-order valence-corrected chi connectivity index (χ1v) is 6.11. The molecule has 0 aliphatic carbocycles. The molecule has 0 unspecified atom stereocenters. The van der Waals surface area contributed by atoms with Gasteiger partial charge in [-0.05, 0) is 0 Å². The first kappa shape index (κ1) is 12.1. The number of hydrogen-bond acceptors (Lipinski definition) is 5. The Morgan fingerprint density at radius 2 is 1.65 bits per heavy atom. The highest BCUT2D eigenvalue weighted by Crippen LogP contribution is 2.31. The Labute approximate surface area is 101 Å². The summed E-state index contributed by atoms with van der Waals surface area (Å²) in [6.07, 6.45) is 0. The molecule has 0 saturated carbocycles. The van der Waals surface area contributed by atoms with Gasteiger partial charge in [-0.25, -0.2) is 17.6 Å². The quantitative estimate of drug-likeness (QED) is 0.371. The zero-order chi connectivity index (χ0) is 12.6. The van der Waals surface area contributed by atoms with Crippen LogP contribution in [0.4, 0.5) is 17.6 Å². The molecule has 0 spiro atoms. The Balaban J connectivity index is 2.74. The summed E-state index contributed by atoms with van der Waals surface area (Å²) in [6, 6.07) is 1.06. The second-order valence-corrected chi connectivity index (χ2v) is 4.47. The highest BCUT2D eigenvalue weighted by molar-refractivity contribution is 8.76. The van der Waals surface area contributed by atoms with Gasteiger partial charge >= 0.3 is 0 Å². The van der Waals surface area contributed by atoms with Crippen molar-refractivity contribution < 1.29 is 17.6 Å². The van der Waals surface area contributed by atoms with Gasteiger partial charge in [-0.15, -0.1) is 0 Å². The first-order valence-electron chi connectivity index (χ1n) is 4.01. The monoisotopic (exact) mass is 279 g/mol. The van der Waals surface area contributed by atoms with Crippen molar-refractivity contribution in [2.75, 3.05) is 0 Å². The van der Waals surface area contributed by atoms with Crippen LogP contribution in [0.5, 0.6) is 0 Å². The minimum atomic E-state index is -1.73. The summed E-state index contributed by atoms with van der Waals surface area (Å²) in [5.41, 5.74) is -2.24. The van der Waals surface area contributed by atoms with Gasteiger partial charge in [0.15, 0.2) is 29.1 Å². The van der Waals surface area contributed by atoms with Crippen LogP contribution in [-0.4, -0.2) is 5.84 Å². The van der Waals surface area contributed by atoms with E-state index in [1.54, 1.807) is 0 Å². The lowest BCUT2D eigenvalue weighted by atomic mass is 10.1. The van der Waals surface area contributed by atoms with Gasteiger partial charge in [0.1, 0.15) is 11.6 Å². The van der Waals surface area contributed by atoms with Crippen LogP contribution in [0.15, 0.2) is 4.40 Å². The molecule has 2 rings (SSSR count). The highest BCUT2D eigenvalue weighted by atomic mass is 33.1. The fraction of sp³-hybridized carbons (Fsp3) is 0. The van der Waals surface area contributed by atoms with Gasteiger partial charge in [0, 0.05) is 11.0 Å². The van der Waals surface area contributed by atoms with E-state index < -0.39 is 34.4 Å². The standard InChI is InChI=1S/C8HF4N3S2/c9-4-2(1-13)5(10)7(12)3(6(4)11)8-14-16-17-15-8/h(H,14,15). The minimum absolute atomic E-state index is 0.322. The van der Waals surface area contributed by atoms with E-state index >= 15 is 0 Å². The Bertz CT molecular complexity index is 538. The molecule has 0 amide bonds. The van der Waals surface area contributed by atoms with E-state index in [0.717, 1.165) is 28.0 Å². The van der Waals surface area contributed by atoms with Crippen LogP contribution in [0.3, 0.4) is 0 Å². The van der Waals surface area contributed by atoms with Crippen LogP contribution in [-0.2, 0) is 0 Å². The molecule has 0 atom stereocenters. The van der Waals surface area contributed by atoms with Crippen molar-refractivity contribution in [1.82, 2.24) is 4.72 Å². The summed E-state index contributed by atoms with van der Waals surface area (Å²) in [4.78, 5) is 0. The maximum absolute atomic E-state index is 13.5. The van der Waals surface area contributed by atoms with E-state index in [1.807, 2.05) is 0 Å². The second kappa shape index (κ2) is 4.46. The van der Waals surface area contributed by atoms with Crippen molar-refractivity contribution in [3.63, 3.8) is 0 Å². The highest BCUT2D eigenvalue weighted by Gasteiger charge is 2.29. The van der Waals surface area contributed by atoms with E-state index in [1.165, 1.54) is 0 Å². The van der Waals surface area contributed by atoms with Crippen molar-refractivity contribution in [2.45, 2.75) is 0 Å². The molecule has 1 N–H and O–H groups in total. The molecule has 1 heterocycles. The Hall–Kier alpha value is -1.40. The summed E-state index contributed by atoms with van der Waals surface area (Å²) >= 11 is 0. The molecular formula is C8HF4N3S2. The molecule has 1 aliphatic heterocycles. The van der Waals surface area contributed by atoms with Gasteiger partial charge < -0.3 is 4.72 Å². The number of hydrogen-bond donors (Lipinski definition) is 1. The van der Waals surface area contributed by atoms with Crippen molar-refractivity contribution in [3.8, 4) is 6.07 Å². The van der Waals surface area contributed by atoms with Gasteiger partial charge in [-0.3, -0.25) is 0 Å². The molecule has 88 valence electrons. The predicted octanol–water partition coefficient (Wildman–Crippen LogP) is 2.68. The molecule has 17 heavy (non-hydrogen) atoms. The minimum Gasteiger partial charge on any atom is -0.302 e. The molecule has 0 bridgehead atoms. The third-order valence-corrected chi connectivity index (χ3v) is 3.22. The molecule has 1 aromatic rings. The lowest BCUT2D eigenvalue weighted by molar-refractivity contribution is 0.447. The van der Waals surface area contributed by atoms with Gasteiger partial charge in [0.25, 0.3) is 0 Å². The Morgan fingerprint density at radius 3 is 2.06 bits per heavy atom. The number of nitriles is 1. The average molecular weight is 279 g/mol. The van der Waals surface area contributed by atoms with Gasteiger partial charge in [0.2, 0.25) is 0 Å². The van der Waals surface area contributed by atoms with Crippen molar-refractivity contribution in [3.05, 3.63) is 34.4 Å². The van der Waals surface area contributed by atoms with Crippen LogP contribution in [0.1, 0.15) is 11.1 Å². The van der Waals surface area contributed by atoms with E-state index in [4.69, 9.17) is 5.26 Å². The van der Waals surface area contributed by atoms with Crippen LogP contribution in [0.2, 0.25) is 0 Å². The zero-order valence-corrected chi connectivity index (χ0v) is 9.36. The lowest BCUT2D eigenvalue weighted by Crippen LogP contribution is -2.19. The molecule has 1 aliphatic rings. The van der Waals surface area contributed by atoms with Gasteiger partial charge in [-0.1, -0.05) is 0 Å². The fourth-order valence-electron chi connectivity index (χ4n) is 1.17. The number of amidine groups is 1. The molecule has 0 fully saturated rings. The Morgan fingerprint density at radius 1 is 1.06 bits per heavy atom. The first-order chi connectivity index (χ1) is 8.07. The molecule has 0 aromatic heterocycles. The molecule has 0 saturated heterocycles. The molecule has 0 radical (unpaired) electrons. The zero-order valence-electron chi connectivity index (χ0n) is 7.72. The van der Waals surface area contributed by atoms with Gasteiger partial charge in [-0.2, -0.15) is 9.66 Å². The third-order valence-electron chi connectivity index (χ3n) is 1.92. The number of nitrogens with zero attached hydrogens (tertiary/aromatic N) is 2. The largest absolute Gasteiger partial charge is 0.302 e. The van der Waals surface area contributed by atoms with Crippen molar-refractivity contribution in [1.29, 1.82) is 5.26 Å². The predicted molar refractivity (Wildman–Crippen MR) is 55.8 cm³/mol. The molecule has 9 heteroatoms. The van der Waals surface area contributed by atoms with Crippen LogP contribution in [0.25, 0.3) is 0 Å².